The second-order valence-electron chi connectivity index (χ2n) is 11.8. The summed E-state index contributed by atoms with van der Waals surface area (Å²) in [5.41, 5.74) is 1.13. The van der Waals surface area contributed by atoms with E-state index < -0.39 is 0 Å². The highest BCUT2D eigenvalue weighted by atomic mass is 16.5. The minimum absolute atomic E-state index is 0.0346. The van der Waals surface area contributed by atoms with Gasteiger partial charge < -0.3 is 4.74 Å². The Balaban J connectivity index is 1.52. The molecular weight excluding hydrogens is 344 g/mol. The topological polar surface area (TPSA) is 26.3 Å². The standard InChI is InChI=1S/C26H44O2/c1-17(9-12-24(27)28-5)21-10-11-22-19-16-18(2)20-8-6-7-14-25(20,3)23(19)13-15-26(21,22)4/h17-23H,6-16H2,1-5H3/t17-,18+,19?,20+,21?,22?,23+,25+,26-/m1/s1. The van der Waals surface area contributed by atoms with Gasteiger partial charge in [0.15, 0.2) is 0 Å². The molecule has 28 heavy (non-hydrogen) atoms. The average molecular weight is 389 g/mol. The number of carbonyl (C=O) groups excluding carboxylic acids is 1. The number of ether oxygens (including phenoxy) is 1. The summed E-state index contributed by atoms with van der Waals surface area (Å²) in [7, 11) is 1.52. The molecule has 9 atom stereocenters. The van der Waals surface area contributed by atoms with E-state index in [2.05, 4.69) is 27.7 Å². The number of esters is 1. The van der Waals surface area contributed by atoms with Gasteiger partial charge >= 0.3 is 5.97 Å². The third-order valence-corrected chi connectivity index (χ3v) is 10.7. The van der Waals surface area contributed by atoms with Gasteiger partial charge in [-0.25, -0.2) is 0 Å². The monoisotopic (exact) mass is 388 g/mol. The number of carbonyl (C=O) groups is 1. The predicted octanol–water partition coefficient (Wildman–Crippen LogP) is 6.87. The predicted molar refractivity (Wildman–Crippen MR) is 115 cm³/mol. The highest BCUT2D eigenvalue weighted by Crippen LogP contribution is 2.69. The molecule has 0 aromatic heterocycles. The van der Waals surface area contributed by atoms with Gasteiger partial charge in [0.1, 0.15) is 0 Å². The number of hydrogen-bond donors (Lipinski definition) is 0. The fourth-order valence-electron chi connectivity index (χ4n) is 9.43. The minimum atomic E-state index is -0.0346. The van der Waals surface area contributed by atoms with Gasteiger partial charge in [0, 0.05) is 6.42 Å². The summed E-state index contributed by atoms with van der Waals surface area (Å²) in [5.74, 6) is 6.20. The number of methoxy groups -OCH3 is 1. The van der Waals surface area contributed by atoms with Crippen molar-refractivity contribution in [1.82, 2.24) is 0 Å². The van der Waals surface area contributed by atoms with E-state index in [9.17, 15) is 4.79 Å². The Morgan fingerprint density at radius 1 is 1.00 bits per heavy atom. The summed E-state index contributed by atoms with van der Waals surface area (Å²) in [6, 6.07) is 0. The Bertz CT molecular complexity index is 585. The van der Waals surface area contributed by atoms with E-state index in [0.717, 1.165) is 41.9 Å². The van der Waals surface area contributed by atoms with Crippen molar-refractivity contribution in [2.75, 3.05) is 7.11 Å². The summed E-state index contributed by atoms with van der Waals surface area (Å²) in [4.78, 5) is 11.7. The molecule has 0 heterocycles. The zero-order chi connectivity index (χ0) is 20.1. The molecule has 0 N–H and O–H groups in total. The highest BCUT2D eigenvalue weighted by molar-refractivity contribution is 5.69. The molecule has 0 saturated heterocycles. The van der Waals surface area contributed by atoms with Gasteiger partial charge in [0.05, 0.1) is 7.11 Å². The zero-order valence-electron chi connectivity index (χ0n) is 19.1. The summed E-state index contributed by atoms with van der Waals surface area (Å²) in [6.45, 7) is 10.3. The normalized spacial score (nSPS) is 48.9. The molecular formula is C26H44O2. The van der Waals surface area contributed by atoms with Gasteiger partial charge in [0.2, 0.25) is 0 Å². The van der Waals surface area contributed by atoms with Crippen molar-refractivity contribution >= 4 is 5.97 Å². The van der Waals surface area contributed by atoms with Crippen molar-refractivity contribution in [2.45, 2.75) is 98.3 Å². The lowest BCUT2D eigenvalue weighted by molar-refractivity contribution is -0.142. The van der Waals surface area contributed by atoms with Gasteiger partial charge in [-0.3, -0.25) is 4.79 Å². The Hall–Kier alpha value is -0.530. The quantitative estimate of drug-likeness (QED) is 0.491. The second-order valence-corrected chi connectivity index (χ2v) is 11.8. The molecule has 2 nitrogen and oxygen atoms in total. The van der Waals surface area contributed by atoms with Crippen LogP contribution in [0.15, 0.2) is 0 Å². The largest absolute Gasteiger partial charge is 0.469 e. The Morgan fingerprint density at radius 3 is 2.50 bits per heavy atom. The maximum atomic E-state index is 11.7. The van der Waals surface area contributed by atoms with Crippen LogP contribution in [0.1, 0.15) is 98.3 Å². The Morgan fingerprint density at radius 2 is 1.75 bits per heavy atom. The molecule has 4 rings (SSSR count). The van der Waals surface area contributed by atoms with E-state index in [-0.39, 0.29) is 5.97 Å². The molecule has 0 aromatic carbocycles. The highest BCUT2D eigenvalue weighted by Gasteiger charge is 2.61. The summed E-state index contributed by atoms with van der Waals surface area (Å²) in [5, 5.41) is 0. The molecule has 4 aliphatic rings. The molecule has 0 aliphatic heterocycles. The smallest absolute Gasteiger partial charge is 0.305 e. The molecule has 0 bridgehead atoms. The van der Waals surface area contributed by atoms with Crippen molar-refractivity contribution < 1.29 is 9.53 Å². The van der Waals surface area contributed by atoms with Crippen LogP contribution in [0.25, 0.3) is 0 Å². The van der Waals surface area contributed by atoms with E-state index in [1.165, 1.54) is 64.9 Å². The van der Waals surface area contributed by atoms with Crippen LogP contribution in [-0.4, -0.2) is 13.1 Å². The van der Waals surface area contributed by atoms with E-state index in [0.29, 0.717) is 23.2 Å². The van der Waals surface area contributed by atoms with Gasteiger partial charge in [-0.15, -0.1) is 0 Å². The van der Waals surface area contributed by atoms with E-state index >= 15 is 0 Å². The first-order valence-corrected chi connectivity index (χ1v) is 12.4. The maximum Gasteiger partial charge on any atom is 0.305 e. The van der Waals surface area contributed by atoms with E-state index in [4.69, 9.17) is 4.74 Å². The molecule has 160 valence electrons. The van der Waals surface area contributed by atoms with Crippen molar-refractivity contribution in [3.05, 3.63) is 0 Å². The molecule has 0 amide bonds. The van der Waals surface area contributed by atoms with Crippen LogP contribution in [0.2, 0.25) is 0 Å². The van der Waals surface area contributed by atoms with E-state index in [1.54, 1.807) is 0 Å². The van der Waals surface area contributed by atoms with Crippen LogP contribution < -0.4 is 0 Å². The maximum absolute atomic E-state index is 11.7. The van der Waals surface area contributed by atoms with E-state index in [1.807, 2.05) is 0 Å². The van der Waals surface area contributed by atoms with Crippen molar-refractivity contribution in [2.24, 2.45) is 52.3 Å². The second kappa shape index (κ2) is 7.62. The van der Waals surface area contributed by atoms with Crippen LogP contribution >= 0.6 is 0 Å². The van der Waals surface area contributed by atoms with Gasteiger partial charge in [-0.05, 0) is 104 Å². The third kappa shape index (κ3) is 3.16. The summed E-state index contributed by atoms with van der Waals surface area (Å²) < 4.78 is 4.90. The molecule has 4 saturated carbocycles. The first-order valence-electron chi connectivity index (χ1n) is 12.4. The fraction of sp³-hybridized carbons (Fsp3) is 0.962. The lowest BCUT2D eigenvalue weighted by atomic mass is 9.43. The van der Waals surface area contributed by atoms with Crippen LogP contribution in [0.3, 0.4) is 0 Å². The van der Waals surface area contributed by atoms with Gasteiger partial charge in [-0.2, -0.15) is 0 Å². The average Bonchev–Trinajstić information content (AvgIpc) is 3.03. The number of hydrogen-bond acceptors (Lipinski definition) is 2. The lowest BCUT2D eigenvalue weighted by Gasteiger charge is -2.62. The first kappa shape index (κ1) is 20.7. The third-order valence-electron chi connectivity index (χ3n) is 10.7. The molecule has 4 fully saturated rings. The molecule has 0 radical (unpaired) electrons. The number of rotatable bonds is 4. The molecule has 2 heteroatoms. The lowest BCUT2D eigenvalue weighted by Crippen LogP contribution is -2.55. The van der Waals surface area contributed by atoms with Crippen molar-refractivity contribution in [3.8, 4) is 0 Å². The minimum Gasteiger partial charge on any atom is -0.469 e. The molecule has 3 unspecified atom stereocenters. The Kier molecular flexibility index (Phi) is 5.64. The van der Waals surface area contributed by atoms with Gasteiger partial charge in [-0.1, -0.05) is 40.5 Å². The molecule has 0 aromatic rings. The van der Waals surface area contributed by atoms with Crippen LogP contribution in [0.5, 0.6) is 0 Å². The van der Waals surface area contributed by atoms with Crippen LogP contribution in [0.4, 0.5) is 0 Å². The fourth-order valence-corrected chi connectivity index (χ4v) is 9.43. The first-order chi connectivity index (χ1) is 13.3. The van der Waals surface area contributed by atoms with Crippen molar-refractivity contribution in [3.63, 3.8) is 0 Å². The van der Waals surface area contributed by atoms with Crippen LogP contribution in [0, 0.1) is 52.3 Å². The zero-order valence-corrected chi connectivity index (χ0v) is 19.1. The Labute approximate surface area is 173 Å². The van der Waals surface area contributed by atoms with Gasteiger partial charge in [0.25, 0.3) is 0 Å². The summed E-state index contributed by atoms with van der Waals surface area (Å²) in [6.07, 6.45) is 14.8. The number of fused-ring (bicyclic) bond motifs is 5. The molecule has 0 spiro atoms. The molecule has 4 aliphatic carbocycles. The van der Waals surface area contributed by atoms with Crippen LogP contribution in [-0.2, 0) is 9.53 Å². The van der Waals surface area contributed by atoms with Crippen molar-refractivity contribution in [1.29, 1.82) is 0 Å². The summed E-state index contributed by atoms with van der Waals surface area (Å²) >= 11 is 0. The SMILES string of the molecule is COC(=O)CC[C@@H](C)C1CCC2C3C[C@H](C)[C@@H]4CCCC[C@]4(C)[C@H]3CC[C@@]21C.